The van der Waals surface area contributed by atoms with Gasteiger partial charge in [0.25, 0.3) is 0 Å². The number of benzene rings is 6. The van der Waals surface area contributed by atoms with Crippen LogP contribution in [-0.2, 0) is 40.4 Å². The van der Waals surface area contributed by atoms with Crippen molar-refractivity contribution in [3.8, 4) is 22.8 Å². The zero-order valence-corrected chi connectivity index (χ0v) is 32.4. The van der Waals surface area contributed by atoms with Crippen LogP contribution >= 0.6 is 0 Å². The second-order valence-electron chi connectivity index (χ2n) is 12.6. The first kappa shape index (κ1) is 37.9. The van der Waals surface area contributed by atoms with Gasteiger partial charge in [-0.25, -0.2) is 0 Å². The van der Waals surface area contributed by atoms with Crippen LogP contribution < -0.4 is 14.2 Å². The fourth-order valence-electron chi connectivity index (χ4n) is 6.47. The van der Waals surface area contributed by atoms with E-state index in [2.05, 4.69) is 146 Å². The van der Waals surface area contributed by atoms with Crippen molar-refractivity contribution >= 4 is 43.6 Å². The van der Waals surface area contributed by atoms with Gasteiger partial charge in [-0.2, -0.15) is 49.6 Å². The first-order valence-electron chi connectivity index (χ1n) is 17.3. The van der Waals surface area contributed by atoms with Crippen LogP contribution in [0.4, 0.5) is 13.2 Å². The van der Waals surface area contributed by atoms with Crippen LogP contribution in [0.25, 0.3) is 66.4 Å². The number of para-hydroxylation sites is 4. The van der Waals surface area contributed by atoms with E-state index in [1.54, 1.807) is 18.2 Å². The fraction of sp³-hybridized carbons (Fsp3) is 0.0667. The molecule has 11 heteroatoms. The summed E-state index contributed by atoms with van der Waals surface area (Å²) in [6.45, 7) is 0. The molecule has 0 aliphatic carbocycles. The Kier molecular flexibility index (Phi) is 10.9. The summed E-state index contributed by atoms with van der Waals surface area (Å²) in [5.74, 6) is 0. The molecule has 4 aromatic heterocycles. The Balaban J connectivity index is 0.000000129. The van der Waals surface area contributed by atoms with Gasteiger partial charge in [-0.05, 0) is 18.2 Å². The molecule has 7 nitrogen and oxygen atoms in total. The standard InChI is InChI=1S/2C18H13N2.C9H5F3N3.Ir/c2*1-19-13-20(18-11-5-4-10-17(18)19)16-12-6-8-14-7-2-3-9-15(14)16;10-9(11,12)8-5-7(14-15-8)6-3-1-2-4-13-6;/h2*2-11H,1H3;1-5H;/q3*-1;. The van der Waals surface area contributed by atoms with Crippen LogP contribution in [0.5, 0.6) is 0 Å². The van der Waals surface area contributed by atoms with E-state index >= 15 is 0 Å². The number of aryl methyl sites for hydroxylation is 2. The Morgan fingerprint density at radius 2 is 1.09 bits per heavy atom. The summed E-state index contributed by atoms with van der Waals surface area (Å²) in [5.41, 5.74) is 6.19. The minimum Gasteiger partial charge on any atom is -0.573 e. The Hall–Kier alpha value is -6.42. The largest absolute Gasteiger partial charge is 0.573 e. The van der Waals surface area contributed by atoms with E-state index in [-0.39, 0.29) is 25.8 Å². The number of alkyl halides is 3. The number of fused-ring (bicyclic) bond motifs is 4. The molecule has 0 fully saturated rings. The quantitative estimate of drug-likeness (QED) is 0.132. The average molecular weight is 919 g/mol. The van der Waals surface area contributed by atoms with Gasteiger partial charge in [0.2, 0.25) is 12.7 Å². The normalized spacial score (nSPS) is 11.2. The van der Waals surface area contributed by atoms with Gasteiger partial charge in [-0.1, -0.05) is 108 Å². The third kappa shape index (κ3) is 7.60. The molecule has 1 radical (unpaired) electrons. The number of hydrogen-bond donors (Lipinski definition) is 0. The molecule has 0 bridgehead atoms. The van der Waals surface area contributed by atoms with E-state index in [0.717, 1.165) is 39.5 Å². The molecule has 10 rings (SSSR count). The van der Waals surface area contributed by atoms with Gasteiger partial charge in [-0.15, -0.1) is 33.7 Å². The zero-order chi connectivity index (χ0) is 37.9. The maximum atomic E-state index is 12.2. The van der Waals surface area contributed by atoms with Crippen LogP contribution in [0.1, 0.15) is 5.69 Å². The number of aromatic nitrogens is 7. The van der Waals surface area contributed by atoms with Gasteiger partial charge in [-0.3, -0.25) is 4.98 Å². The van der Waals surface area contributed by atoms with Gasteiger partial charge in [0.05, 0.1) is 36.2 Å². The van der Waals surface area contributed by atoms with Crippen molar-refractivity contribution in [3.63, 3.8) is 0 Å². The Morgan fingerprint density at radius 3 is 1.57 bits per heavy atom. The first-order chi connectivity index (χ1) is 26.8. The second-order valence-corrected chi connectivity index (χ2v) is 12.6. The summed E-state index contributed by atoms with van der Waals surface area (Å²) >= 11 is 0. The molecule has 4 heterocycles. The topological polar surface area (TPSA) is 57.5 Å². The number of hydrogen-bond acceptors (Lipinski definition) is 2. The maximum absolute atomic E-state index is 12.2. The molecule has 10 aromatic rings. The van der Waals surface area contributed by atoms with Crippen molar-refractivity contribution in [1.82, 2.24) is 24.3 Å². The van der Waals surface area contributed by atoms with Crippen molar-refractivity contribution in [2.24, 2.45) is 14.1 Å². The second kappa shape index (κ2) is 16.1. The van der Waals surface area contributed by atoms with Crippen LogP contribution in [0, 0.1) is 24.8 Å². The maximum Gasteiger partial charge on any atom is 0.431 e. The predicted octanol–water partition coefficient (Wildman–Crippen LogP) is 8.53. The van der Waals surface area contributed by atoms with E-state index in [4.69, 9.17) is 0 Å². The summed E-state index contributed by atoms with van der Waals surface area (Å²) in [7, 11) is 4.04. The molecular formula is C45H31F3IrN7-3. The van der Waals surface area contributed by atoms with E-state index in [1.165, 1.54) is 27.7 Å². The number of rotatable bonds is 3. The fourth-order valence-corrected chi connectivity index (χ4v) is 6.47. The molecular weight excluding hydrogens is 888 g/mol. The van der Waals surface area contributed by atoms with Crippen molar-refractivity contribution in [2.75, 3.05) is 0 Å². The average Bonchev–Trinajstić information content (AvgIpc) is 3.95. The third-order valence-corrected chi connectivity index (χ3v) is 9.07. The zero-order valence-electron chi connectivity index (χ0n) is 30.0. The molecule has 279 valence electrons. The number of imidazole rings is 2. The van der Waals surface area contributed by atoms with Gasteiger partial charge in [0.1, 0.15) is 5.69 Å². The smallest absolute Gasteiger partial charge is 0.431 e. The molecule has 0 spiro atoms. The van der Waals surface area contributed by atoms with Crippen molar-refractivity contribution in [3.05, 3.63) is 182 Å². The predicted molar refractivity (Wildman–Crippen MR) is 205 cm³/mol. The Labute approximate surface area is 334 Å². The monoisotopic (exact) mass is 919 g/mol. The number of nitrogens with zero attached hydrogens (tertiary/aromatic N) is 7. The Morgan fingerprint density at radius 1 is 0.607 bits per heavy atom. The van der Waals surface area contributed by atoms with Gasteiger partial charge < -0.3 is 28.5 Å². The van der Waals surface area contributed by atoms with E-state index < -0.39 is 11.9 Å². The van der Waals surface area contributed by atoms with Gasteiger partial charge in [0, 0.05) is 32.0 Å². The third-order valence-electron chi connectivity index (χ3n) is 9.07. The molecule has 0 amide bonds. The molecule has 0 N–H and O–H groups in total. The molecule has 56 heavy (non-hydrogen) atoms. The summed E-state index contributed by atoms with van der Waals surface area (Å²) in [6.07, 6.45) is 3.75. The number of pyridine rings is 1. The SMILES string of the molecule is C[n+]1[c-]n(-c2[c-]ccc3ccccc23)c2ccccc21.C[n+]1[c-]n(-c2[c-]ccc3ccccc23)c2ccccc21.FC(F)(F)c1cc(-c2ccccn2)[n-]n1.[Ir]. The summed E-state index contributed by atoms with van der Waals surface area (Å²) in [4.78, 5) is 3.87. The number of halogens is 3. The van der Waals surface area contributed by atoms with Crippen LogP contribution in [0.2, 0.25) is 0 Å². The van der Waals surface area contributed by atoms with Crippen molar-refractivity contribution < 1.29 is 42.4 Å². The molecule has 6 aromatic carbocycles. The summed E-state index contributed by atoms with van der Waals surface area (Å²) in [6, 6.07) is 54.0. The van der Waals surface area contributed by atoms with E-state index in [9.17, 15) is 13.2 Å². The molecule has 0 unspecified atom stereocenters. The van der Waals surface area contributed by atoms with Crippen LogP contribution in [0.15, 0.2) is 152 Å². The van der Waals surface area contributed by atoms with Crippen molar-refractivity contribution in [2.45, 2.75) is 6.18 Å². The van der Waals surface area contributed by atoms with Crippen LogP contribution in [0.3, 0.4) is 0 Å². The minimum atomic E-state index is -4.46. The van der Waals surface area contributed by atoms with Crippen LogP contribution in [-0.4, -0.2) is 19.2 Å². The molecule has 0 aliphatic rings. The molecule has 0 aliphatic heterocycles. The van der Waals surface area contributed by atoms with Gasteiger partial charge >= 0.3 is 6.18 Å². The minimum absolute atomic E-state index is 0. The molecule has 0 atom stereocenters. The van der Waals surface area contributed by atoms with E-state index in [0.29, 0.717) is 5.69 Å². The molecule has 0 saturated carbocycles. The summed E-state index contributed by atoms with van der Waals surface area (Å²) in [5, 5.41) is 11.3. The Bertz CT molecular complexity index is 2750. The first-order valence-corrected chi connectivity index (χ1v) is 17.3. The van der Waals surface area contributed by atoms with E-state index in [1.807, 2.05) is 47.5 Å². The molecule has 0 saturated heterocycles. The summed E-state index contributed by atoms with van der Waals surface area (Å²) < 4.78 is 44.8. The van der Waals surface area contributed by atoms with Crippen molar-refractivity contribution in [1.29, 1.82) is 0 Å². The van der Waals surface area contributed by atoms with Gasteiger partial charge in [0.15, 0.2) is 0 Å².